The van der Waals surface area contributed by atoms with Crippen molar-refractivity contribution in [3.63, 3.8) is 0 Å². The van der Waals surface area contributed by atoms with E-state index in [0.29, 0.717) is 13.1 Å². The number of carbonyl (C=O) groups excluding carboxylic acids is 1. The number of piperidine rings is 1. The topological polar surface area (TPSA) is 41.6 Å². The summed E-state index contributed by atoms with van der Waals surface area (Å²) < 4.78 is 18.4. The number of nitrogens with one attached hydrogen (secondary N) is 1. The van der Waals surface area contributed by atoms with Crippen LogP contribution in [0.4, 0.5) is 9.18 Å². The number of hydrogen-bond acceptors (Lipinski definition) is 3. The fourth-order valence-corrected chi connectivity index (χ4v) is 2.77. The molecular formula is C14H17FN2O2. The van der Waals surface area contributed by atoms with Crippen molar-refractivity contribution in [2.45, 2.75) is 25.0 Å². The molecule has 2 aliphatic heterocycles. The van der Waals surface area contributed by atoms with E-state index >= 15 is 0 Å². The first-order valence-corrected chi connectivity index (χ1v) is 6.60. The van der Waals surface area contributed by atoms with Crippen molar-refractivity contribution >= 4 is 6.09 Å². The average Bonchev–Trinajstić information content (AvgIpc) is 2.69. The molecule has 2 heterocycles. The minimum Gasteiger partial charge on any atom is -0.441 e. The van der Waals surface area contributed by atoms with E-state index in [1.807, 2.05) is 0 Å². The number of amides is 1. The van der Waals surface area contributed by atoms with Crippen LogP contribution in [-0.4, -0.2) is 36.2 Å². The predicted octanol–water partition coefficient (Wildman–Crippen LogP) is 1.90. The maximum atomic E-state index is 12.9. The van der Waals surface area contributed by atoms with Gasteiger partial charge in [-0.25, -0.2) is 9.18 Å². The summed E-state index contributed by atoms with van der Waals surface area (Å²) in [6.07, 6.45) is 1.46. The van der Waals surface area contributed by atoms with E-state index in [4.69, 9.17) is 4.74 Å². The van der Waals surface area contributed by atoms with Gasteiger partial charge in [-0.3, -0.25) is 4.90 Å². The van der Waals surface area contributed by atoms with Crippen molar-refractivity contribution in [3.05, 3.63) is 35.6 Å². The Morgan fingerprint density at radius 1 is 1.26 bits per heavy atom. The van der Waals surface area contributed by atoms with Gasteiger partial charge in [0.15, 0.2) is 0 Å². The summed E-state index contributed by atoms with van der Waals surface area (Å²) >= 11 is 0. The Morgan fingerprint density at radius 2 is 1.95 bits per heavy atom. The van der Waals surface area contributed by atoms with E-state index in [1.54, 1.807) is 17.0 Å². The molecule has 0 bridgehead atoms. The minimum absolute atomic E-state index is 0.258. The van der Waals surface area contributed by atoms with Gasteiger partial charge in [0.05, 0.1) is 6.54 Å². The van der Waals surface area contributed by atoms with Gasteiger partial charge >= 0.3 is 6.09 Å². The monoisotopic (exact) mass is 264 g/mol. The van der Waals surface area contributed by atoms with Gasteiger partial charge in [0, 0.05) is 19.4 Å². The lowest BCUT2D eigenvalue weighted by Gasteiger charge is -2.31. The van der Waals surface area contributed by atoms with Crippen LogP contribution < -0.4 is 5.32 Å². The van der Waals surface area contributed by atoms with E-state index in [2.05, 4.69) is 5.32 Å². The van der Waals surface area contributed by atoms with Crippen LogP contribution in [0.2, 0.25) is 0 Å². The number of benzene rings is 1. The molecule has 4 nitrogen and oxygen atoms in total. The van der Waals surface area contributed by atoms with E-state index in [-0.39, 0.29) is 17.5 Å². The van der Waals surface area contributed by atoms with Crippen molar-refractivity contribution in [1.29, 1.82) is 0 Å². The van der Waals surface area contributed by atoms with E-state index in [0.717, 1.165) is 31.5 Å². The lowest BCUT2D eigenvalue weighted by molar-refractivity contribution is 0.0316. The number of carbonyl (C=O) groups is 1. The highest BCUT2D eigenvalue weighted by Gasteiger charge is 2.45. The van der Waals surface area contributed by atoms with Gasteiger partial charge < -0.3 is 10.1 Å². The highest BCUT2D eigenvalue weighted by Crippen LogP contribution is 2.31. The molecule has 19 heavy (non-hydrogen) atoms. The Bertz CT molecular complexity index is 469. The molecule has 0 atom stereocenters. The molecule has 102 valence electrons. The summed E-state index contributed by atoms with van der Waals surface area (Å²) in [4.78, 5) is 13.6. The molecular weight excluding hydrogens is 247 g/mol. The molecule has 1 amide bonds. The third kappa shape index (κ3) is 2.56. The van der Waals surface area contributed by atoms with Gasteiger partial charge in [0.1, 0.15) is 11.4 Å². The molecule has 0 radical (unpaired) electrons. The van der Waals surface area contributed by atoms with Crippen LogP contribution in [0, 0.1) is 5.82 Å². The van der Waals surface area contributed by atoms with Gasteiger partial charge in [-0.05, 0) is 30.8 Å². The zero-order valence-electron chi connectivity index (χ0n) is 10.7. The molecule has 0 unspecified atom stereocenters. The third-order valence-corrected chi connectivity index (χ3v) is 3.84. The Balaban J connectivity index is 1.68. The molecule has 1 aromatic rings. The van der Waals surface area contributed by atoms with Gasteiger partial charge in [0.25, 0.3) is 0 Å². The Labute approximate surface area is 111 Å². The second-order valence-corrected chi connectivity index (χ2v) is 5.28. The summed E-state index contributed by atoms with van der Waals surface area (Å²) in [5, 5.41) is 3.27. The first-order valence-electron chi connectivity index (χ1n) is 6.60. The number of rotatable bonds is 2. The molecule has 0 aromatic heterocycles. The molecule has 0 aliphatic carbocycles. The summed E-state index contributed by atoms with van der Waals surface area (Å²) in [7, 11) is 0. The standard InChI is InChI=1S/C14H17FN2O2/c15-12-3-1-11(2-4-12)9-17-10-14(19-13(17)18)5-7-16-8-6-14/h1-4,16H,5-10H2. The van der Waals surface area contributed by atoms with Gasteiger partial charge in [-0.1, -0.05) is 12.1 Å². The molecule has 1 spiro atoms. The van der Waals surface area contributed by atoms with E-state index < -0.39 is 0 Å². The summed E-state index contributed by atoms with van der Waals surface area (Å²) in [5.74, 6) is -0.262. The van der Waals surface area contributed by atoms with Crippen LogP contribution in [-0.2, 0) is 11.3 Å². The molecule has 5 heteroatoms. The quantitative estimate of drug-likeness (QED) is 0.887. The minimum atomic E-state index is -0.317. The summed E-state index contributed by atoms with van der Waals surface area (Å²) in [6.45, 7) is 2.88. The van der Waals surface area contributed by atoms with Crippen LogP contribution in [0.5, 0.6) is 0 Å². The van der Waals surface area contributed by atoms with Gasteiger partial charge in [-0.15, -0.1) is 0 Å². The second kappa shape index (κ2) is 4.81. The number of nitrogens with zero attached hydrogens (tertiary/aromatic N) is 1. The van der Waals surface area contributed by atoms with E-state index in [9.17, 15) is 9.18 Å². The first-order chi connectivity index (χ1) is 9.17. The maximum absolute atomic E-state index is 12.9. The highest BCUT2D eigenvalue weighted by atomic mass is 19.1. The SMILES string of the molecule is O=C1OC2(CCNCC2)CN1Cc1ccc(F)cc1. The van der Waals surface area contributed by atoms with Crippen LogP contribution in [0.3, 0.4) is 0 Å². The molecule has 1 N–H and O–H groups in total. The van der Waals surface area contributed by atoms with Crippen molar-refractivity contribution in [3.8, 4) is 0 Å². The molecule has 1 aromatic carbocycles. The first kappa shape index (κ1) is 12.4. The lowest BCUT2D eigenvalue weighted by atomic mass is 9.92. The number of ether oxygens (including phenoxy) is 1. The van der Waals surface area contributed by atoms with Gasteiger partial charge in [0.2, 0.25) is 0 Å². The second-order valence-electron chi connectivity index (χ2n) is 5.28. The van der Waals surface area contributed by atoms with Crippen LogP contribution >= 0.6 is 0 Å². The van der Waals surface area contributed by atoms with Gasteiger partial charge in [-0.2, -0.15) is 0 Å². The molecule has 3 rings (SSSR count). The third-order valence-electron chi connectivity index (χ3n) is 3.84. The smallest absolute Gasteiger partial charge is 0.410 e. The largest absolute Gasteiger partial charge is 0.441 e. The van der Waals surface area contributed by atoms with Crippen molar-refractivity contribution in [2.75, 3.05) is 19.6 Å². The normalized spacial score (nSPS) is 21.7. The van der Waals surface area contributed by atoms with E-state index in [1.165, 1.54) is 12.1 Å². The molecule has 2 saturated heterocycles. The summed E-state index contributed by atoms with van der Waals surface area (Å²) in [6, 6.07) is 6.24. The Kier molecular flexibility index (Phi) is 3.14. The zero-order valence-corrected chi connectivity index (χ0v) is 10.7. The molecule has 0 saturated carbocycles. The van der Waals surface area contributed by atoms with Crippen molar-refractivity contribution < 1.29 is 13.9 Å². The maximum Gasteiger partial charge on any atom is 0.410 e. The fraction of sp³-hybridized carbons (Fsp3) is 0.500. The number of halogens is 1. The average molecular weight is 264 g/mol. The molecule has 2 fully saturated rings. The Hall–Kier alpha value is -1.62. The fourth-order valence-electron chi connectivity index (χ4n) is 2.77. The zero-order chi connectivity index (χ0) is 13.3. The van der Waals surface area contributed by atoms with Crippen LogP contribution in [0.25, 0.3) is 0 Å². The van der Waals surface area contributed by atoms with Crippen LogP contribution in [0.15, 0.2) is 24.3 Å². The highest BCUT2D eigenvalue weighted by molar-refractivity contribution is 5.70. The number of hydrogen-bond donors (Lipinski definition) is 1. The predicted molar refractivity (Wildman–Crippen MR) is 68.1 cm³/mol. The van der Waals surface area contributed by atoms with Crippen molar-refractivity contribution in [1.82, 2.24) is 10.2 Å². The molecule has 2 aliphatic rings. The Morgan fingerprint density at radius 3 is 2.63 bits per heavy atom. The lowest BCUT2D eigenvalue weighted by Crippen LogP contribution is -2.44. The summed E-state index contributed by atoms with van der Waals surface area (Å²) in [5.41, 5.74) is 0.604. The van der Waals surface area contributed by atoms with Crippen LogP contribution in [0.1, 0.15) is 18.4 Å². The van der Waals surface area contributed by atoms with Crippen molar-refractivity contribution in [2.24, 2.45) is 0 Å².